The van der Waals surface area contributed by atoms with Crippen LogP contribution in [0.3, 0.4) is 0 Å². The maximum atomic E-state index is 11.3. The second-order valence-corrected chi connectivity index (χ2v) is 15.4. The lowest BCUT2D eigenvalue weighted by Crippen LogP contribution is -2.63. The molecular formula is C33H56O20. The molecule has 308 valence electrons. The van der Waals surface area contributed by atoms with Gasteiger partial charge in [-0.3, -0.25) is 0 Å². The molecule has 20 heteroatoms. The topological polar surface area (TPSA) is 328 Å². The largest absolute Gasteiger partial charge is 0.394 e. The van der Waals surface area contributed by atoms with E-state index in [0.29, 0.717) is 6.42 Å². The summed E-state index contributed by atoms with van der Waals surface area (Å²) in [5.74, 6) is -0.943. The molecule has 2 saturated carbocycles. The number of aliphatic hydroxyl groups is 13. The zero-order valence-corrected chi connectivity index (χ0v) is 29.2. The van der Waals surface area contributed by atoms with Crippen LogP contribution in [0.25, 0.3) is 0 Å². The Kier molecular flexibility index (Phi) is 13.7. The number of rotatable bonds is 9. The highest BCUT2D eigenvalue weighted by Crippen LogP contribution is 2.44. The smallest absolute Gasteiger partial charge is 0.187 e. The molecular weight excluding hydrogens is 716 g/mol. The van der Waals surface area contributed by atoms with Crippen molar-refractivity contribution in [3.63, 3.8) is 0 Å². The normalized spacial score (nSPS) is 55.4. The van der Waals surface area contributed by atoms with Gasteiger partial charge in [-0.15, -0.1) is 0 Å². The lowest BCUT2D eigenvalue weighted by molar-refractivity contribution is -0.348. The monoisotopic (exact) mass is 772 g/mol. The van der Waals surface area contributed by atoms with E-state index >= 15 is 0 Å². The van der Waals surface area contributed by atoms with E-state index in [1.165, 1.54) is 6.92 Å². The zero-order valence-electron chi connectivity index (χ0n) is 29.2. The van der Waals surface area contributed by atoms with Gasteiger partial charge >= 0.3 is 0 Å². The quantitative estimate of drug-likeness (QED) is 0.104. The summed E-state index contributed by atoms with van der Waals surface area (Å²) in [6, 6.07) is 0. The van der Waals surface area contributed by atoms with Gasteiger partial charge in [-0.2, -0.15) is 0 Å². The number of aliphatic hydroxyl groups excluding tert-OH is 13. The van der Waals surface area contributed by atoms with Crippen LogP contribution in [0.5, 0.6) is 0 Å². The fourth-order valence-corrected chi connectivity index (χ4v) is 8.55. The first-order valence-electron chi connectivity index (χ1n) is 18.4. The Balaban J connectivity index is 1.15. The Morgan fingerprint density at radius 3 is 1.79 bits per heavy atom. The average Bonchev–Trinajstić information content (AvgIpc) is 3.13. The van der Waals surface area contributed by atoms with Gasteiger partial charge in [0, 0.05) is 18.8 Å². The highest BCUT2D eigenvalue weighted by Gasteiger charge is 2.54. The standard InChI is InChI=1S/C33H56O20/c1-10-21(38)24(41)27(44)31(48-10)47-9-20-23(40)26(43)29(46)33(53-20)51-18-7-13-15(36)5-12(49-32-28(45)25(42)22(39)19(8-34)52-32)6-17(13)50-30(18)11-2-3-14(35)16(37)4-11/h10-46H,2-9H2,1H3/t10-,11?,12?,13?,14?,15?,16?,17?,18?,19+,20-,21-,22-,23-,24+,25+,26+,27-,28+,29-,30?,31-,32+,33-/m0/s1. The van der Waals surface area contributed by atoms with Crippen molar-refractivity contribution in [3.8, 4) is 0 Å². The Morgan fingerprint density at radius 2 is 1.13 bits per heavy atom. The zero-order chi connectivity index (χ0) is 38.5. The molecule has 20 nitrogen and oxygen atoms in total. The van der Waals surface area contributed by atoms with Crippen LogP contribution in [-0.4, -0.2) is 214 Å². The summed E-state index contributed by atoms with van der Waals surface area (Å²) < 4.78 is 41.2. The Hall–Kier alpha value is -0.800. The molecule has 53 heavy (non-hydrogen) atoms. The van der Waals surface area contributed by atoms with E-state index in [1.54, 1.807) is 0 Å². The van der Waals surface area contributed by atoms with E-state index in [0.717, 1.165) is 0 Å². The summed E-state index contributed by atoms with van der Waals surface area (Å²) in [6.45, 7) is 0.313. The van der Waals surface area contributed by atoms with Crippen LogP contribution in [0.4, 0.5) is 0 Å². The molecule has 0 aromatic rings. The molecule has 6 aliphatic rings. The second kappa shape index (κ2) is 17.4. The van der Waals surface area contributed by atoms with Gasteiger partial charge in [0.1, 0.15) is 67.1 Å². The molecule has 24 atom stereocenters. The van der Waals surface area contributed by atoms with Crippen LogP contribution in [0.15, 0.2) is 0 Å². The van der Waals surface area contributed by atoms with Crippen molar-refractivity contribution in [2.45, 2.75) is 180 Å². The highest BCUT2D eigenvalue weighted by atomic mass is 16.7. The molecule has 13 N–H and O–H groups in total. The Labute approximate surface area is 305 Å². The second-order valence-electron chi connectivity index (χ2n) is 15.4. The van der Waals surface area contributed by atoms with Crippen LogP contribution in [0.2, 0.25) is 0 Å². The summed E-state index contributed by atoms with van der Waals surface area (Å²) in [5, 5.41) is 136. The maximum Gasteiger partial charge on any atom is 0.187 e. The Bertz CT molecular complexity index is 1170. The van der Waals surface area contributed by atoms with E-state index in [4.69, 9.17) is 33.2 Å². The van der Waals surface area contributed by atoms with E-state index in [9.17, 15) is 66.4 Å². The number of hydrogen-bond acceptors (Lipinski definition) is 20. The van der Waals surface area contributed by atoms with Gasteiger partial charge in [-0.1, -0.05) is 0 Å². The lowest BCUT2D eigenvalue weighted by atomic mass is 9.72. The predicted octanol–water partition coefficient (Wildman–Crippen LogP) is -6.34. The summed E-state index contributed by atoms with van der Waals surface area (Å²) >= 11 is 0. The summed E-state index contributed by atoms with van der Waals surface area (Å²) in [6.07, 6.45) is -27.6. The summed E-state index contributed by atoms with van der Waals surface area (Å²) in [4.78, 5) is 0. The summed E-state index contributed by atoms with van der Waals surface area (Å²) in [5.41, 5.74) is 0. The van der Waals surface area contributed by atoms with Gasteiger partial charge < -0.3 is 99.5 Å². The van der Waals surface area contributed by atoms with Gasteiger partial charge in [0.05, 0.1) is 62.0 Å². The van der Waals surface area contributed by atoms with Crippen molar-refractivity contribution in [1.82, 2.24) is 0 Å². The molecule has 4 aliphatic heterocycles. The Morgan fingerprint density at radius 1 is 0.528 bits per heavy atom. The fourth-order valence-electron chi connectivity index (χ4n) is 8.55. The van der Waals surface area contributed by atoms with Gasteiger partial charge in [0.25, 0.3) is 0 Å². The van der Waals surface area contributed by atoms with E-state index in [-0.39, 0.29) is 38.0 Å². The van der Waals surface area contributed by atoms with Gasteiger partial charge in [-0.25, -0.2) is 0 Å². The SMILES string of the molecule is C[C@@H]1O[C@H](OC[C@@H]2O[C@H](OC3CC4C(O)CC(O[C@@H]5O[C@H](CO)[C@H](O)[C@@H](O)[C@H]5O)CC4OC3C3CCC(O)C(O)C3)[C@@H](O)[C@H](O)[C@H]2O)[C@@H](O)[C@H](O)[C@H]1O. The molecule has 0 amide bonds. The summed E-state index contributed by atoms with van der Waals surface area (Å²) in [7, 11) is 0. The molecule has 2 aliphatic carbocycles. The molecule has 4 saturated heterocycles. The van der Waals surface area contributed by atoms with E-state index in [1.807, 2.05) is 0 Å². The molecule has 0 spiro atoms. The number of fused-ring (bicyclic) bond motifs is 1. The van der Waals surface area contributed by atoms with Gasteiger partial charge in [0.2, 0.25) is 0 Å². The molecule has 9 unspecified atom stereocenters. The average molecular weight is 773 g/mol. The van der Waals surface area contributed by atoms with Crippen LogP contribution < -0.4 is 0 Å². The predicted molar refractivity (Wildman–Crippen MR) is 170 cm³/mol. The molecule has 0 bridgehead atoms. The van der Waals surface area contributed by atoms with E-state index in [2.05, 4.69) is 0 Å². The minimum Gasteiger partial charge on any atom is -0.394 e. The molecule has 0 aromatic heterocycles. The maximum absolute atomic E-state index is 11.3. The van der Waals surface area contributed by atoms with Crippen molar-refractivity contribution in [3.05, 3.63) is 0 Å². The molecule has 6 fully saturated rings. The minimum atomic E-state index is -1.78. The third kappa shape index (κ3) is 8.72. The molecule has 6 rings (SSSR count). The van der Waals surface area contributed by atoms with Crippen molar-refractivity contribution in [1.29, 1.82) is 0 Å². The van der Waals surface area contributed by atoms with Crippen LogP contribution >= 0.6 is 0 Å². The minimum absolute atomic E-state index is 0.0393. The third-order valence-electron chi connectivity index (χ3n) is 11.8. The van der Waals surface area contributed by atoms with Crippen molar-refractivity contribution < 1.29 is 99.5 Å². The first-order valence-corrected chi connectivity index (χ1v) is 18.4. The van der Waals surface area contributed by atoms with Gasteiger partial charge in [-0.05, 0) is 38.5 Å². The van der Waals surface area contributed by atoms with Crippen molar-refractivity contribution in [2.24, 2.45) is 11.8 Å². The highest BCUT2D eigenvalue weighted by molar-refractivity contribution is 5.00. The molecule has 0 aromatic carbocycles. The first kappa shape index (κ1) is 41.8. The van der Waals surface area contributed by atoms with Crippen LogP contribution in [-0.2, 0) is 33.2 Å². The third-order valence-corrected chi connectivity index (χ3v) is 11.8. The van der Waals surface area contributed by atoms with Crippen LogP contribution in [0.1, 0.15) is 45.4 Å². The first-order chi connectivity index (χ1) is 25.1. The van der Waals surface area contributed by atoms with E-state index < -0.39 is 154 Å². The lowest BCUT2D eigenvalue weighted by Gasteiger charge is -2.52. The number of hydrogen-bond donors (Lipinski definition) is 13. The molecule has 4 heterocycles. The van der Waals surface area contributed by atoms with Gasteiger partial charge in [0.15, 0.2) is 18.9 Å². The van der Waals surface area contributed by atoms with Crippen molar-refractivity contribution >= 4 is 0 Å². The van der Waals surface area contributed by atoms with Crippen molar-refractivity contribution in [2.75, 3.05) is 13.2 Å². The fraction of sp³-hybridized carbons (Fsp3) is 1.00. The van der Waals surface area contributed by atoms with Crippen LogP contribution in [0, 0.1) is 11.8 Å². The molecule has 0 radical (unpaired) electrons. The number of ether oxygens (including phenoxy) is 7.